The Morgan fingerprint density at radius 1 is 1.24 bits per heavy atom. The molecule has 1 aliphatic carbocycles. The molecule has 0 saturated carbocycles. The van der Waals surface area contributed by atoms with Crippen LogP contribution >= 0.6 is 0 Å². The van der Waals surface area contributed by atoms with Gasteiger partial charge in [-0.1, -0.05) is 26.0 Å². The number of nitrogens with zero attached hydrogens (tertiary/aromatic N) is 5. The zero-order valence-corrected chi connectivity index (χ0v) is 21.3. The maximum Gasteiger partial charge on any atom is 0.404 e. The monoisotopic (exact) mass is 504 g/mol. The maximum atomic E-state index is 13.5. The zero-order valence-electron chi connectivity index (χ0n) is 21.3. The van der Waals surface area contributed by atoms with Crippen molar-refractivity contribution in [2.75, 3.05) is 24.1 Å². The number of aromatic nitrogens is 4. The van der Waals surface area contributed by atoms with Gasteiger partial charge < -0.3 is 21.5 Å². The van der Waals surface area contributed by atoms with Crippen LogP contribution in [0.15, 0.2) is 30.5 Å². The molecule has 0 atom stereocenters. The van der Waals surface area contributed by atoms with Crippen LogP contribution in [0.1, 0.15) is 53.9 Å². The Kier molecular flexibility index (Phi) is 6.32. The predicted octanol–water partition coefficient (Wildman–Crippen LogP) is 2.78. The van der Waals surface area contributed by atoms with Crippen molar-refractivity contribution in [2.24, 2.45) is 7.05 Å². The van der Waals surface area contributed by atoms with Gasteiger partial charge in [-0.05, 0) is 47.9 Å². The second-order valence-corrected chi connectivity index (χ2v) is 10.5. The van der Waals surface area contributed by atoms with Gasteiger partial charge in [0.05, 0.1) is 11.4 Å². The van der Waals surface area contributed by atoms with E-state index in [2.05, 4.69) is 44.4 Å². The highest BCUT2D eigenvalue weighted by Gasteiger charge is 2.39. The smallest absolute Gasteiger partial charge is 0.404 e. The fourth-order valence-corrected chi connectivity index (χ4v) is 5.52. The Morgan fingerprint density at radius 3 is 2.73 bits per heavy atom. The number of benzene rings is 1. The van der Waals surface area contributed by atoms with Crippen molar-refractivity contribution in [2.45, 2.75) is 51.1 Å². The first-order chi connectivity index (χ1) is 17.6. The van der Waals surface area contributed by atoms with Gasteiger partial charge in [0.1, 0.15) is 0 Å². The van der Waals surface area contributed by atoms with Crippen LogP contribution in [-0.4, -0.2) is 60.9 Å². The standard InChI is InChI=1S/C26H32N8O3/c1-26(2)12-16-13-28-24(27)31-20(16)22-19(26)21(32-33(22)3)23(35)29-18-6-4-5-15(11-18)14-34-9-7-17(8-10-34)30-25(36)37/h4-6,11,13,17,30H,7-10,12,14H2,1-3H3,(H,29,35)(H,36,37)(H2,27,28,31). The molecule has 3 heterocycles. The van der Waals surface area contributed by atoms with Crippen LogP contribution in [-0.2, 0) is 25.4 Å². The first kappa shape index (κ1) is 24.7. The Labute approximate surface area is 215 Å². The number of amides is 2. The van der Waals surface area contributed by atoms with Crippen LogP contribution in [0.4, 0.5) is 16.4 Å². The Hall–Kier alpha value is -3.99. The van der Waals surface area contributed by atoms with Crippen LogP contribution in [0.2, 0.25) is 0 Å². The molecule has 5 rings (SSSR count). The predicted molar refractivity (Wildman–Crippen MR) is 139 cm³/mol. The molecule has 0 bridgehead atoms. The lowest BCUT2D eigenvalue weighted by atomic mass is 9.73. The molecule has 0 radical (unpaired) electrons. The minimum absolute atomic E-state index is 0.00259. The van der Waals surface area contributed by atoms with Crippen molar-refractivity contribution in [3.63, 3.8) is 0 Å². The lowest BCUT2D eigenvalue weighted by Crippen LogP contribution is -2.43. The number of nitrogens with one attached hydrogen (secondary N) is 2. The summed E-state index contributed by atoms with van der Waals surface area (Å²) in [5.74, 6) is -0.0797. The molecule has 1 aromatic carbocycles. The summed E-state index contributed by atoms with van der Waals surface area (Å²) < 4.78 is 1.70. The Morgan fingerprint density at radius 2 is 2.00 bits per heavy atom. The first-order valence-corrected chi connectivity index (χ1v) is 12.4. The fraction of sp³-hybridized carbons (Fsp3) is 0.423. The quantitative estimate of drug-likeness (QED) is 0.414. The number of hydrogen-bond donors (Lipinski definition) is 4. The number of anilines is 2. The average Bonchev–Trinajstić information content (AvgIpc) is 3.20. The van der Waals surface area contributed by atoms with Crippen molar-refractivity contribution < 1.29 is 14.7 Å². The molecule has 37 heavy (non-hydrogen) atoms. The lowest BCUT2D eigenvalue weighted by molar-refractivity contribution is 0.101. The number of aryl methyl sites for hydroxylation is 1. The van der Waals surface area contributed by atoms with E-state index in [0.717, 1.165) is 60.6 Å². The molecule has 11 nitrogen and oxygen atoms in total. The number of rotatable bonds is 5. The lowest BCUT2D eigenvalue weighted by Gasteiger charge is -2.32. The first-order valence-electron chi connectivity index (χ1n) is 12.4. The van der Waals surface area contributed by atoms with Gasteiger partial charge in [-0.25, -0.2) is 14.8 Å². The molecule has 0 spiro atoms. The number of piperidine rings is 1. The van der Waals surface area contributed by atoms with Crippen LogP contribution in [0.5, 0.6) is 0 Å². The van der Waals surface area contributed by atoms with Gasteiger partial charge in [0.25, 0.3) is 5.91 Å². The molecule has 3 aromatic rings. The van der Waals surface area contributed by atoms with Gasteiger partial charge in [-0.2, -0.15) is 5.10 Å². The van der Waals surface area contributed by atoms with E-state index in [1.807, 2.05) is 31.3 Å². The van der Waals surface area contributed by atoms with Crippen molar-refractivity contribution in [3.8, 4) is 11.4 Å². The number of likely N-dealkylation sites (tertiary alicyclic amines) is 1. The molecule has 0 unspecified atom stereocenters. The number of carbonyl (C=O) groups excluding carboxylic acids is 1. The van der Waals surface area contributed by atoms with E-state index in [9.17, 15) is 9.59 Å². The van der Waals surface area contributed by atoms with E-state index in [1.165, 1.54) is 0 Å². The molecule has 1 saturated heterocycles. The minimum atomic E-state index is -0.971. The summed E-state index contributed by atoms with van der Waals surface area (Å²) in [6.07, 6.45) is 3.02. The number of nitrogen functional groups attached to an aromatic ring is 1. The fourth-order valence-electron chi connectivity index (χ4n) is 5.52. The highest BCUT2D eigenvalue weighted by atomic mass is 16.4. The number of hydrogen-bond acceptors (Lipinski definition) is 7. The normalized spacial score (nSPS) is 17.1. The van der Waals surface area contributed by atoms with E-state index in [0.29, 0.717) is 17.8 Å². The molecule has 1 aliphatic heterocycles. The van der Waals surface area contributed by atoms with Gasteiger partial charge in [0.15, 0.2) is 5.69 Å². The van der Waals surface area contributed by atoms with Crippen molar-refractivity contribution in [3.05, 3.63) is 52.8 Å². The molecular weight excluding hydrogens is 472 g/mol. The van der Waals surface area contributed by atoms with Crippen molar-refractivity contribution in [1.29, 1.82) is 0 Å². The van der Waals surface area contributed by atoms with Gasteiger partial charge in [0.2, 0.25) is 5.95 Å². The summed E-state index contributed by atoms with van der Waals surface area (Å²) in [7, 11) is 1.81. The number of carbonyl (C=O) groups is 2. The third-order valence-electron chi connectivity index (χ3n) is 7.19. The van der Waals surface area contributed by atoms with Gasteiger partial charge in [-0.3, -0.25) is 14.4 Å². The van der Waals surface area contributed by atoms with E-state index >= 15 is 0 Å². The largest absolute Gasteiger partial charge is 0.465 e. The summed E-state index contributed by atoms with van der Waals surface area (Å²) in [6, 6.07) is 7.81. The number of nitrogens with two attached hydrogens (primary N) is 1. The summed E-state index contributed by atoms with van der Waals surface area (Å²) >= 11 is 0. The van der Waals surface area contributed by atoms with E-state index in [4.69, 9.17) is 10.8 Å². The second kappa shape index (κ2) is 9.47. The average molecular weight is 505 g/mol. The molecule has 5 N–H and O–H groups in total. The van der Waals surface area contributed by atoms with Crippen LogP contribution in [0.25, 0.3) is 11.4 Å². The van der Waals surface area contributed by atoms with Crippen molar-refractivity contribution >= 4 is 23.6 Å². The second-order valence-electron chi connectivity index (χ2n) is 10.5. The molecule has 2 aliphatic rings. The summed E-state index contributed by atoms with van der Waals surface area (Å²) in [6.45, 7) is 6.55. The van der Waals surface area contributed by atoms with Gasteiger partial charge >= 0.3 is 6.09 Å². The SMILES string of the molecule is Cn1nc(C(=O)Nc2cccc(CN3CCC(NC(=O)O)CC3)c2)c2c1-c1nc(N)ncc1CC2(C)C. The van der Waals surface area contributed by atoms with Gasteiger partial charge in [0, 0.05) is 50.2 Å². The summed E-state index contributed by atoms with van der Waals surface area (Å²) in [5, 5.41) is 19.1. The minimum Gasteiger partial charge on any atom is -0.465 e. The summed E-state index contributed by atoms with van der Waals surface area (Å²) in [5.41, 5.74) is 11.0. The number of fused-ring (bicyclic) bond motifs is 3. The van der Waals surface area contributed by atoms with E-state index in [1.54, 1.807) is 10.9 Å². The Bertz CT molecular complexity index is 1360. The molecular formula is C26H32N8O3. The highest BCUT2D eigenvalue weighted by Crippen LogP contribution is 2.43. The maximum absolute atomic E-state index is 13.5. The third kappa shape index (κ3) is 4.99. The summed E-state index contributed by atoms with van der Waals surface area (Å²) in [4.78, 5) is 35.3. The number of carboxylic acid groups (broad SMARTS) is 1. The zero-order chi connectivity index (χ0) is 26.3. The molecule has 1 fully saturated rings. The molecule has 2 aromatic heterocycles. The van der Waals surface area contributed by atoms with Crippen molar-refractivity contribution in [1.82, 2.24) is 30.0 Å². The molecule has 11 heteroatoms. The van der Waals surface area contributed by atoms with E-state index in [-0.39, 0.29) is 23.3 Å². The topological polar surface area (TPSA) is 151 Å². The van der Waals surface area contributed by atoms with Crippen LogP contribution < -0.4 is 16.4 Å². The molecule has 2 amide bonds. The highest BCUT2D eigenvalue weighted by molar-refractivity contribution is 6.05. The van der Waals surface area contributed by atoms with E-state index < -0.39 is 6.09 Å². The molecule has 194 valence electrons. The van der Waals surface area contributed by atoms with Crippen LogP contribution in [0.3, 0.4) is 0 Å². The van der Waals surface area contributed by atoms with Gasteiger partial charge in [-0.15, -0.1) is 0 Å². The Balaban J connectivity index is 1.33. The van der Waals surface area contributed by atoms with Crippen LogP contribution in [0, 0.1) is 0 Å². The third-order valence-corrected chi connectivity index (χ3v) is 7.19.